The lowest BCUT2D eigenvalue weighted by Gasteiger charge is -2.48. The van der Waals surface area contributed by atoms with E-state index >= 15 is 0 Å². The molecule has 74 heavy (non-hydrogen) atoms. The zero-order valence-electron chi connectivity index (χ0n) is 49.6. The van der Waals surface area contributed by atoms with Gasteiger partial charge in [-0.25, -0.2) is 0 Å². The van der Waals surface area contributed by atoms with Crippen LogP contribution in [0.3, 0.4) is 0 Å². The van der Waals surface area contributed by atoms with Crippen molar-refractivity contribution < 1.29 is 56.3 Å². The number of methoxy groups -OCH3 is 1. The average Bonchev–Trinajstić information content (AvgIpc) is 4.06. The Bertz CT molecular complexity index is 1720. The number of aliphatic hydroxyl groups excluding tert-OH is 1. The van der Waals surface area contributed by atoms with E-state index in [-0.39, 0.29) is 115 Å². The maximum absolute atomic E-state index is 10.5. The van der Waals surface area contributed by atoms with Gasteiger partial charge in [0, 0.05) is 45.3 Å². The largest absolute Gasteiger partial charge is 0.414 e. The van der Waals surface area contributed by atoms with E-state index in [1.54, 1.807) is 0 Å². The summed E-state index contributed by atoms with van der Waals surface area (Å²) in [5, 5.41) is 10.5. The molecule has 1 N–H and O–H groups in total. The van der Waals surface area contributed by atoms with Gasteiger partial charge in [-0.2, -0.15) is 0 Å². The summed E-state index contributed by atoms with van der Waals surface area (Å²) in [6, 6.07) is 9.82. The van der Waals surface area contributed by atoms with Gasteiger partial charge in [-0.05, 0) is 116 Å². The number of ether oxygens (including phenoxy) is 8. The van der Waals surface area contributed by atoms with E-state index in [0.29, 0.717) is 18.9 Å². The maximum Gasteiger partial charge on any atom is 0.192 e. The zero-order chi connectivity index (χ0) is 53.9. The summed E-state index contributed by atoms with van der Waals surface area (Å²) in [4.78, 5) is 0. The molecule has 18 atom stereocenters. The second kappa shape index (κ2) is 25.8. The Hall–Kier alpha value is -0.0894. The highest BCUT2D eigenvalue weighted by Crippen LogP contribution is 2.55. The second-order valence-corrected chi connectivity index (χ2v) is 40.0. The molecular formula is C59H110O12Si3. The normalized spacial score (nSPS) is 39.0. The SMILES string of the molecule is C=CCC1O[C@@H]2C3O[C@@H]4C[C@](CCC5CC(C)(C)C(CCC6CC(C)C(C)(C)C(C[C@@H]7O[C@H](CC(CO[Si](CC)(CC)CC)O[Si](CC)(CC)CC)[C@H](OC)C7CCO)O6)O5)(OC3C1O[Si](CC)(CC)CC)OC24. The highest BCUT2D eigenvalue weighted by molar-refractivity contribution is 6.74. The molecule has 15 heteroatoms. The summed E-state index contributed by atoms with van der Waals surface area (Å²) in [5.74, 6) is -0.221. The van der Waals surface area contributed by atoms with E-state index in [1.165, 1.54) is 0 Å². The maximum atomic E-state index is 10.5. The van der Waals surface area contributed by atoms with Crippen molar-refractivity contribution >= 4 is 25.0 Å². The summed E-state index contributed by atoms with van der Waals surface area (Å²) in [6.07, 6.45) is 9.94. The van der Waals surface area contributed by atoms with Gasteiger partial charge >= 0.3 is 0 Å². The third kappa shape index (κ3) is 12.8. The number of hydrogen-bond acceptors (Lipinski definition) is 12. The van der Waals surface area contributed by atoms with Gasteiger partial charge in [-0.3, -0.25) is 0 Å². The van der Waals surface area contributed by atoms with Gasteiger partial charge in [0.15, 0.2) is 30.7 Å². The van der Waals surface area contributed by atoms with Crippen LogP contribution in [0.4, 0.5) is 0 Å². The molecule has 8 aliphatic rings. The van der Waals surface area contributed by atoms with Gasteiger partial charge in [-0.15, -0.1) is 6.58 Å². The zero-order valence-corrected chi connectivity index (χ0v) is 52.6. The molecule has 8 heterocycles. The quantitative estimate of drug-likeness (QED) is 0.0525. The van der Waals surface area contributed by atoms with Crippen LogP contribution in [0.2, 0.25) is 54.4 Å². The fourth-order valence-electron chi connectivity index (χ4n) is 15.2. The average molecular weight is 1100 g/mol. The lowest BCUT2D eigenvalue weighted by atomic mass is 9.68. The Morgan fingerprint density at radius 2 is 1.27 bits per heavy atom. The topological polar surface area (TPSA) is 122 Å². The fraction of sp³-hybridized carbons (Fsp3) is 0.966. The van der Waals surface area contributed by atoms with E-state index in [0.717, 1.165) is 119 Å². The number of rotatable bonds is 31. The van der Waals surface area contributed by atoms with Crippen molar-refractivity contribution in [1.82, 2.24) is 0 Å². The van der Waals surface area contributed by atoms with Crippen molar-refractivity contribution in [1.29, 1.82) is 0 Å². The van der Waals surface area contributed by atoms with Crippen molar-refractivity contribution in [3.63, 3.8) is 0 Å². The van der Waals surface area contributed by atoms with Crippen molar-refractivity contribution in [3.8, 4) is 0 Å². The van der Waals surface area contributed by atoms with Crippen LogP contribution in [0.5, 0.6) is 0 Å². The highest BCUT2D eigenvalue weighted by atomic mass is 28.4. The highest BCUT2D eigenvalue weighted by Gasteiger charge is 2.68. The summed E-state index contributed by atoms with van der Waals surface area (Å²) in [6.45, 7) is 37.5. The minimum Gasteiger partial charge on any atom is -0.414 e. The van der Waals surface area contributed by atoms with E-state index in [4.69, 9.17) is 51.2 Å². The Labute approximate surface area is 454 Å². The minimum absolute atomic E-state index is 0.000603. The van der Waals surface area contributed by atoms with Crippen LogP contribution in [-0.4, -0.2) is 148 Å². The summed E-state index contributed by atoms with van der Waals surface area (Å²) < 4.78 is 77.5. The molecule has 8 saturated heterocycles. The molecular weight excluding hydrogens is 985 g/mol. The predicted molar refractivity (Wildman–Crippen MR) is 302 cm³/mol. The second-order valence-electron chi connectivity index (χ2n) is 25.8. The Morgan fingerprint density at radius 3 is 1.88 bits per heavy atom. The van der Waals surface area contributed by atoms with Crippen molar-refractivity contribution in [2.75, 3.05) is 20.3 Å². The molecule has 8 aliphatic heterocycles. The monoisotopic (exact) mass is 1090 g/mol. The van der Waals surface area contributed by atoms with Crippen molar-refractivity contribution in [2.45, 2.75) is 319 Å². The van der Waals surface area contributed by atoms with Crippen LogP contribution in [0.15, 0.2) is 12.7 Å². The smallest absolute Gasteiger partial charge is 0.192 e. The Morgan fingerprint density at radius 1 is 0.649 bits per heavy atom. The van der Waals surface area contributed by atoms with E-state index in [2.05, 4.69) is 104 Å². The van der Waals surface area contributed by atoms with E-state index < -0.39 is 30.7 Å². The summed E-state index contributed by atoms with van der Waals surface area (Å²) >= 11 is 0. The first-order valence-electron chi connectivity index (χ1n) is 30.7. The Kier molecular flexibility index (Phi) is 21.4. The first-order chi connectivity index (χ1) is 35.3. The third-order valence-electron chi connectivity index (χ3n) is 21.4. The molecule has 0 aromatic carbocycles. The molecule has 0 aliphatic carbocycles. The molecule has 8 rings (SSSR count). The first kappa shape index (κ1) is 61.5. The molecule has 0 aromatic heterocycles. The van der Waals surface area contributed by atoms with Gasteiger partial charge < -0.3 is 56.3 Å². The molecule has 12 unspecified atom stereocenters. The van der Waals surface area contributed by atoms with Crippen LogP contribution < -0.4 is 0 Å². The molecule has 12 nitrogen and oxygen atoms in total. The van der Waals surface area contributed by atoms with Crippen LogP contribution in [0, 0.1) is 22.7 Å². The van der Waals surface area contributed by atoms with Crippen LogP contribution >= 0.6 is 0 Å². The van der Waals surface area contributed by atoms with Crippen LogP contribution in [-0.2, 0) is 51.2 Å². The van der Waals surface area contributed by atoms with Crippen molar-refractivity contribution in [3.05, 3.63) is 12.7 Å². The minimum atomic E-state index is -2.00. The van der Waals surface area contributed by atoms with Crippen molar-refractivity contribution in [2.24, 2.45) is 22.7 Å². The molecule has 8 fully saturated rings. The molecule has 0 saturated carbocycles. The van der Waals surface area contributed by atoms with Crippen LogP contribution in [0.25, 0.3) is 0 Å². The summed E-state index contributed by atoms with van der Waals surface area (Å²) in [7, 11) is -3.97. The third-order valence-corrected chi connectivity index (χ3v) is 35.4. The first-order valence-corrected chi connectivity index (χ1v) is 38.2. The number of aliphatic hydroxyl groups is 1. The fourth-order valence-corrected chi connectivity index (χ4v) is 23.6. The molecule has 0 aromatic rings. The molecule has 0 amide bonds. The molecule has 0 spiro atoms. The molecule has 430 valence electrons. The van der Waals surface area contributed by atoms with Crippen LogP contribution in [0.1, 0.15) is 168 Å². The van der Waals surface area contributed by atoms with Gasteiger partial charge in [0.2, 0.25) is 0 Å². The van der Waals surface area contributed by atoms with E-state index in [9.17, 15) is 5.11 Å². The lowest BCUT2D eigenvalue weighted by molar-refractivity contribution is -0.271. The lowest BCUT2D eigenvalue weighted by Crippen LogP contribution is -2.62. The number of hydrogen-bond donors (Lipinski definition) is 1. The Balaban J connectivity index is 0.989. The summed E-state index contributed by atoms with van der Waals surface area (Å²) in [5.41, 5.74) is -0.0262. The molecule has 6 bridgehead atoms. The standard InChI is InChI=1S/C59H110O12Si3/c1-17-27-45-53(71-74(24-8,25-9)26-10)56-55-54(66-45)52-48(67-55)38-59(68-52,69-56)32-30-42-37-57(12,13)49(64-42)29-28-41-34-40(11)58(14,15)50(63-41)36-46-44(31-33-60)51(61-16)47(65-46)35-43(70-73(21-5,22-6)23-7)39-62-72(18-2,19-3)20-4/h17,40-56,60H,1,18-39H2,2-16H3/t40?,41?,42?,43?,44?,45?,46-,47+,48+,49?,50?,51+,52?,53?,54-,55?,56?,59-/m0/s1. The van der Waals surface area contributed by atoms with Gasteiger partial charge in [0.25, 0.3) is 0 Å². The van der Waals surface area contributed by atoms with E-state index in [1.807, 2.05) is 13.2 Å². The van der Waals surface area contributed by atoms with Gasteiger partial charge in [0.1, 0.15) is 30.5 Å². The predicted octanol–water partition coefficient (Wildman–Crippen LogP) is 12.9. The van der Waals surface area contributed by atoms with Gasteiger partial charge in [0.05, 0.1) is 67.6 Å². The molecule has 0 radical (unpaired) electrons. The van der Waals surface area contributed by atoms with Gasteiger partial charge in [-0.1, -0.05) is 103 Å².